The van der Waals surface area contributed by atoms with Crippen LogP contribution in [-0.4, -0.2) is 37.1 Å². The van der Waals surface area contributed by atoms with Crippen molar-refractivity contribution in [2.45, 2.75) is 0 Å². The third kappa shape index (κ3) is 2.15. The molecule has 1 fully saturated rings. The van der Waals surface area contributed by atoms with Gasteiger partial charge in [0.05, 0.1) is 18.8 Å². The predicted octanol–water partition coefficient (Wildman–Crippen LogP) is 2.07. The molecule has 1 N–H and O–H groups in total. The summed E-state index contributed by atoms with van der Waals surface area (Å²) in [6, 6.07) is 5.81. The maximum Gasteiger partial charge on any atom is 0.257 e. The lowest BCUT2D eigenvalue weighted by Crippen LogP contribution is -2.32. The van der Waals surface area contributed by atoms with Crippen LogP contribution in [0.3, 0.4) is 0 Å². The lowest BCUT2D eigenvalue weighted by molar-refractivity contribution is -0.110. The second-order valence-corrected chi connectivity index (χ2v) is 5.25. The monoisotopic (exact) mass is 308 g/mol. The van der Waals surface area contributed by atoms with Crippen LogP contribution in [0.25, 0.3) is 5.57 Å². The summed E-state index contributed by atoms with van der Waals surface area (Å²) < 4.78 is 6.28. The number of anilines is 1. The van der Waals surface area contributed by atoms with Gasteiger partial charge in [-0.3, -0.25) is 4.79 Å². The highest BCUT2D eigenvalue weighted by molar-refractivity contribution is 9.10. The standard InChI is InChI=1S/C13H13BrN2O2/c14-9-1-2-12-10(7-9)11(13(17)15-12)8-16-3-5-18-6-4-16/h1-2,7-8H,3-6H2,(H,15,17)/b11-8+. The van der Waals surface area contributed by atoms with Crippen LogP contribution in [0.15, 0.2) is 28.9 Å². The van der Waals surface area contributed by atoms with Crippen molar-refractivity contribution in [3.05, 3.63) is 34.4 Å². The zero-order valence-corrected chi connectivity index (χ0v) is 11.4. The van der Waals surface area contributed by atoms with Crippen LogP contribution in [0.5, 0.6) is 0 Å². The highest BCUT2D eigenvalue weighted by Gasteiger charge is 2.25. The molecule has 3 rings (SSSR count). The molecule has 1 amide bonds. The molecular weight excluding hydrogens is 296 g/mol. The molecule has 0 aromatic heterocycles. The third-order valence-corrected chi connectivity index (χ3v) is 3.62. The van der Waals surface area contributed by atoms with Crippen molar-refractivity contribution in [1.82, 2.24) is 4.90 Å². The van der Waals surface area contributed by atoms with Crippen LogP contribution in [0.1, 0.15) is 5.56 Å². The van der Waals surface area contributed by atoms with Gasteiger partial charge in [-0.05, 0) is 18.2 Å². The first-order valence-corrected chi connectivity index (χ1v) is 6.68. The first-order valence-electron chi connectivity index (χ1n) is 5.89. The largest absolute Gasteiger partial charge is 0.378 e. The quantitative estimate of drug-likeness (QED) is 0.808. The Morgan fingerprint density at radius 1 is 1.33 bits per heavy atom. The van der Waals surface area contributed by atoms with Gasteiger partial charge in [-0.2, -0.15) is 0 Å². The number of carbonyl (C=O) groups excluding carboxylic acids is 1. The summed E-state index contributed by atoms with van der Waals surface area (Å²) in [5.74, 6) is -0.0328. The molecule has 4 nitrogen and oxygen atoms in total. The summed E-state index contributed by atoms with van der Waals surface area (Å²) in [6.07, 6.45) is 1.94. The average molecular weight is 309 g/mol. The highest BCUT2D eigenvalue weighted by Crippen LogP contribution is 2.34. The number of ether oxygens (including phenoxy) is 1. The minimum atomic E-state index is -0.0328. The Bertz CT molecular complexity index is 522. The number of amides is 1. The van der Waals surface area contributed by atoms with Crippen LogP contribution < -0.4 is 5.32 Å². The van der Waals surface area contributed by atoms with E-state index in [9.17, 15) is 4.79 Å². The van der Waals surface area contributed by atoms with Crippen molar-refractivity contribution < 1.29 is 9.53 Å². The molecule has 0 radical (unpaired) electrons. The maximum absolute atomic E-state index is 12.0. The predicted molar refractivity (Wildman–Crippen MR) is 73.1 cm³/mol. The van der Waals surface area contributed by atoms with Gasteiger partial charge in [0.15, 0.2) is 0 Å². The molecule has 94 valence electrons. The molecule has 18 heavy (non-hydrogen) atoms. The molecule has 1 saturated heterocycles. The van der Waals surface area contributed by atoms with E-state index in [0.29, 0.717) is 0 Å². The summed E-state index contributed by atoms with van der Waals surface area (Å²) in [4.78, 5) is 14.1. The fourth-order valence-electron chi connectivity index (χ4n) is 2.18. The molecule has 0 saturated carbocycles. The molecule has 0 spiro atoms. The first-order chi connectivity index (χ1) is 8.74. The number of hydrogen-bond donors (Lipinski definition) is 1. The molecular formula is C13H13BrN2O2. The number of rotatable bonds is 1. The molecule has 0 unspecified atom stereocenters. The molecule has 2 heterocycles. The number of halogens is 1. The van der Waals surface area contributed by atoms with E-state index in [1.165, 1.54) is 0 Å². The summed E-state index contributed by atoms with van der Waals surface area (Å²) in [7, 11) is 0. The Hall–Kier alpha value is -1.33. The SMILES string of the molecule is O=C1Nc2ccc(Br)cc2/C1=C\N1CCOCC1. The number of nitrogens with one attached hydrogen (secondary N) is 1. The van der Waals surface area contributed by atoms with Gasteiger partial charge in [-0.25, -0.2) is 0 Å². The molecule has 2 aliphatic rings. The van der Waals surface area contributed by atoms with E-state index in [4.69, 9.17) is 4.74 Å². The fourth-order valence-corrected chi connectivity index (χ4v) is 2.54. The topological polar surface area (TPSA) is 41.6 Å². The van der Waals surface area contributed by atoms with Gasteiger partial charge in [0.1, 0.15) is 0 Å². The van der Waals surface area contributed by atoms with Gasteiger partial charge in [-0.15, -0.1) is 0 Å². The minimum absolute atomic E-state index is 0.0328. The second kappa shape index (κ2) is 4.74. The Kier molecular flexibility index (Phi) is 3.09. The number of benzene rings is 1. The lowest BCUT2D eigenvalue weighted by atomic mass is 10.1. The van der Waals surface area contributed by atoms with E-state index in [-0.39, 0.29) is 5.91 Å². The van der Waals surface area contributed by atoms with Crippen molar-refractivity contribution in [1.29, 1.82) is 0 Å². The summed E-state index contributed by atoms with van der Waals surface area (Å²) in [6.45, 7) is 3.10. The molecule has 0 atom stereocenters. The van der Waals surface area contributed by atoms with Gasteiger partial charge in [0.2, 0.25) is 0 Å². The van der Waals surface area contributed by atoms with Crippen molar-refractivity contribution >= 4 is 33.1 Å². The number of hydrogen-bond acceptors (Lipinski definition) is 3. The molecule has 1 aromatic carbocycles. The van der Waals surface area contributed by atoms with Crippen LogP contribution in [0.4, 0.5) is 5.69 Å². The van der Waals surface area contributed by atoms with E-state index in [2.05, 4.69) is 26.1 Å². The van der Waals surface area contributed by atoms with Crippen LogP contribution >= 0.6 is 15.9 Å². The first kappa shape index (κ1) is 11.7. The van der Waals surface area contributed by atoms with Crippen molar-refractivity contribution in [3.8, 4) is 0 Å². The normalized spacial score (nSPS) is 21.1. The summed E-state index contributed by atoms with van der Waals surface area (Å²) >= 11 is 3.44. The lowest BCUT2D eigenvalue weighted by Gasteiger charge is -2.25. The Morgan fingerprint density at radius 3 is 2.89 bits per heavy atom. The van der Waals surface area contributed by atoms with Crippen LogP contribution in [-0.2, 0) is 9.53 Å². The van der Waals surface area contributed by atoms with Crippen LogP contribution in [0.2, 0.25) is 0 Å². The Morgan fingerprint density at radius 2 is 2.11 bits per heavy atom. The van der Waals surface area contributed by atoms with E-state index in [1.807, 2.05) is 24.4 Å². The van der Waals surface area contributed by atoms with Crippen LogP contribution in [0, 0.1) is 0 Å². The van der Waals surface area contributed by atoms with Crippen molar-refractivity contribution in [3.63, 3.8) is 0 Å². The van der Waals surface area contributed by atoms with E-state index < -0.39 is 0 Å². The smallest absolute Gasteiger partial charge is 0.257 e. The van der Waals surface area contributed by atoms with E-state index >= 15 is 0 Å². The van der Waals surface area contributed by atoms with Gasteiger partial charge < -0.3 is 15.0 Å². The van der Waals surface area contributed by atoms with Crippen molar-refractivity contribution in [2.24, 2.45) is 0 Å². The Balaban J connectivity index is 1.95. The number of morpholine rings is 1. The zero-order valence-electron chi connectivity index (χ0n) is 9.78. The van der Waals surface area contributed by atoms with E-state index in [0.717, 1.165) is 47.6 Å². The zero-order chi connectivity index (χ0) is 12.5. The van der Waals surface area contributed by atoms with Crippen molar-refractivity contribution in [2.75, 3.05) is 31.6 Å². The van der Waals surface area contributed by atoms with E-state index in [1.54, 1.807) is 0 Å². The molecule has 2 aliphatic heterocycles. The third-order valence-electron chi connectivity index (χ3n) is 3.12. The Labute approximate surface area is 114 Å². The summed E-state index contributed by atoms with van der Waals surface area (Å²) in [5, 5.41) is 2.88. The fraction of sp³-hybridized carbons (Fsp3) is 0.308. The number of nitrogens with zero attached hydrogens (tertiary/aromatic N) is 1. The maximum atomic E-state index is 12.0. The summed E-state index contributed by atoms with van der Waals surface area (Å²) in [5.41, 5.74) is 2.57. The van der Waals surface area contributed by atoms with Gasteiger partial charge in [0, 0.05) is 35.0 Å². The highest BCUT2D eigenvalue weighted by atomic mass is 79.9. The minimum Gasteiger partial charge on any atom is -0.378 e. The van der Waals surface area contributed by atoms with Gasteiger partial charge in [-0.1, -0.05) is 15.9 Å². The van der Waals surface area contributed by atoms with Gasteiger partial charge >= 0.3 is 0 Å². The van der Waals surface area contributed by atoms with Gasteiger partial charge in [0.25, 0.3) is 5.91 Å². The molecule has 0 bridgehead atoms. The number of fused-ring (bicyclic) bond motifs is 1. The second-order valence-electron chi connectivity index (χ2n) is 4.34. The molecule has 1 aromatic rings. The number of carbonyl (C=O) groups is 1. The molecule has 5 heteroatoms. The average Bonchev–Trinajstić information content (AvgIpc) is 2.67. The molecule has 0 aliphatic carbocycles.